The van der Waals surface area contributed by atoms with Crippen molar-refractivity contribution in [3.63, 3.8) is 0 Å². The lowest BCUT2D eigenvalue weighted by molar-refractivity contribution is -0.145. The highest BCUT2D eigenvalue weighted by Gasteiger charge is 2.52. The lowest BCUT2D eigenvalue weighted by Crippen LogP contribution is -2.57. The third-order valence-corrected chi connectivity index (χ3v) is 8.29. The van der Waals surface area contributed by atoms with Gasteiger partial charge in [-0.3, -0.25) is 9.10 Å². The van der Waals surface area contributed by atoms with E-state index in [2.05, 4.69) is 5.32 Å². The van der Waals surface area contributed by atoms with Crippen LogP contribution in [0.1, 0.15) is 37.8 Å². The van der Waals surface area contributed by atoms with Crippen LogP contribution in [-0.4, -0.2) is 44.8 Å². The summed E-state index contributed by atoms with van der Waals surface area (Å²) in [5, 5.41) is 2.73. The number of ether oxygens (including phenoxy) is 2. The summed E-state index contributed by atoms with van der Waals surface area (Å²) in [6.45, 7) is 7.33. The van der Waals surface area contributed by atoms with Crippen molar-refractivity contribution in [1.82, 2.24) is 0 Å². The fourth-order valence-electron chi connectivity index (χ4n) is 3.96. The molecular formula is C24H30N2O6S. The number of aryl methyl sites for hydroxylation is 2. The molecule has 1 saturated heterocycles. The summed E-state index contributed by atoms with van der Waals surface area (Å²) >= 11 is 0. The SMILES string of the molecule is CCOC(=O)COc1ccc(NC(=O)[C@]2(C)CCCN(c3c(C)cccc3C)S2(=O)=O)cc1. The Morgan fingerprint density at radius 2 is 1.73 bits per heavy atom. The molecule has 2 aromatic rings. The molecule has 1 atom stereocenters. The molecule has 0 saturated carbocycles. The summed E-state index contributed by atoms with van der Waals surface area (Å²) in [5.74, 6) is -0.629. The van der Waals surface area contributed by atoms with Crippen molar-refractivity contribution < 1.29 is 27.5 Å². The summed E-state index contributed by atoms with van der Waals surface area (Å²) in [6, 6.07) is 12.0. The van der Waals surface area contributed by atoms with Gasteiger partial charge < -0.3 is 14.8 Å². The Bertz CT molecular complexity index is 1110. The molecule has 9 heteroatoms. The van der Waals surface area contributed by atoms with E-state index in [1.165, 1.54) is 11.2 Å². The molecule has 2 aromatic carbocycles. The molecule has 1 aliphatic rings. The Kier molecular flexibility index (Phi) is 7.31. The maximum atomic E-state index is 13.6. The number of benzene rings is 2. The first kappa shape index (κ1) is 24.6. The number of anilines is 2. The normalized spacial score (nSPS) is 19.6. The van der Waals surface area contributed by atoms with Crippen LogP contribution in [-0.2, 0) is 24.3 Å². The van der Waals surface area contributed by atoms with Crippen molar-refractivity contribution in [2.75, 3.05) is 29.4 Å². The minimum absolute atomic E-state index is 0.218. The second-order valence-corrected chi connectivity index (χ2v) is 10.5. The smallest absolute Gasteiger partial charge is 0.344 e. The Balaban J connectivity index is 1.77. The minimum atomic E-state index is -3.97. The lowest BCUT2D eigenvalue weighted by Gasteiger charge is -2.40. The maximum Gasteiger partial charge on any atom is 0.344 e. The van der Waals surface area contributed by atoms with E-state index < -0.39 is 26.6 Å². The predicted octanol–water partition coefficient (Wildman–Crippen LogP) is 3.57. The molecule has 1 heterocycles. The number of amides is 1. The highest BCUT2D eigenvalue weighted by molar-refractivity contribution is 7.95. The van der Waals surface area contributed by atoms with Crippen LogP contribution in [0.2, 0.25) is 0 Å². The Labute approximate surface area is 194 Å². The number of nitrogens with zero attached hydrogens (tertiary/aromatic N) is 1. The highest BCUT2D eigenvalue weighted by atomic mass is 32.2. The third kappa shape index (κ3) is 4.98. The number of esters is 1. The fourth-order valence-corrected chi connectivity index (χ4v) is 6.03. The number of hydrogen-bond donors (Lipinski definition) is 1. The number of carbonyl (C=O) groups excluding carboxylic acids is 2. The first-order chi connectivity index (χ1) is 15.6. The van der Waals surface area contributed by atoms with Crippen molar-refractivity contribution >= 4 is 33.3 Å². The summed E-state index contributed by atoms with van der Waals surface area (Å²) < 4.78 is 37.2. The van der Waals surface area contributed by atoms with Crippen molar-refractivity contribution in [2.24, 2.45) is 0 Å². The van der Waals surface area contributed by atoms with E-state index in [0.29, 0.717) is 30.1 Å². The summed E-state index contributed by atoms with van der Waals surface area (Å²) in [7, 11) is -3.97. The molecule has 8 nitrogen and oxygen atoms in total. The van der Waals surface area contributed by atoms with E-state index in [9.17, 15) is 18.0 Å². The summed E-state index contributed by atoms with van der Waals surface area (Å²) in [4.78, 5) is 24.6. The molecule has 1 aliphatic heterocycles. The first-order valence-corrected chi connectivity index (χ1v) is 12.3. The monoisotopic (exact) mass is 474 g/mol. The van der Waals surface area contributed by atoms with E-state index in [-0.39, 0.29) is 19.6 Å². The minimum Gasteiger partial charge on any atom is -0.482 e. The average Bonchev–Trinajstić information content (AvgIpc) is 2.76. The van der Waals surface area contributed by atoms with E-state index >= 15 is 0 Å². The van der Waals surface area contributed by atoms with Crippen LogP contribution in [0.25, 0.3) is 0 Å². The molecule has 0 bridgehead atoms. The number of para-hydroxylation sites is 1. The van der Waals surface area contributed by atoms with Crippen molar-refractivity contribution in [3.05, 3.63) is 53.6 Å². The standard InChI is InChI=1S/C24H30N2O6S/c1-5-31-21(27)16-32-20-12-10-19(11-13-20)25-23(28)24(4)14-7-15-26(33(24,29)30)22-17(2)8-6-9-18(22)3/h6,8-13H,5,7,14-16H2,1-4H3,(H,25,28)/t24-/m0/s1. The van der Waals surface area contributed by atoms with Gasteiger partial charge in [-0.25, -0.2) is 13.2 Å². The molecule has 33 heavy (non-hydrogen) atoms. The van der Waals surface area contributed by atoms with Gasteiger partial charge in [-0.05, 0) is 75.9 Å². The third-order valence-electron chi connectivity index (χ3n) is 5.82. The largest absolute Gasteiger partial charge is 0.482 e. The number of carbonyl (C=O) groups is 2. The Hall–Kier alpha value is -3.07. The molecule has 0 unspecified atom stereocenters. The quantitative estimate of drug-likeness (QED) is 0.616. The van der Waals surface area contributed by atoms with Crippen LogP contribution in [0, 0.1) is 13.8 Å². The molecule has 0 aromatic heterocycles. The second-order valence-electron chi connectivity index (χ2n) is 8.22. The van der Waals surface area contributed by atoms with E-state index in [1.807, 2.05) is 32.0 Å². The van der Waals surface area contributed by atoms with Crippen LogP contribution in [0.15, 0.2) is 42.5 Å². The molecule has 3 rings (SSSR count). The molecule has 1 fully saturated rings. The van der Waals surface area contributed by atoms with Gasteiger partial charge in [0.2, 0.25) is 15.9 Å². The van der Waals surface area contributed by atoms with E-state index in [0.717, 1.165) is 11.1 Å². The first-order valence-electron chi connectivity index (χ1n) is 10.9. The molecule has 1 N–H and O–H groups in total. The summed E-state index contributed by atoms with van der Waals surface area (Å²) in [5.41, 5.74) is 2.77. The molecule has 1 amide bonds. The van der Waals surface area contributed by atoms with Crippen LogP contribution >= 0.6 is 0 Å². The zero-order valence-electron chi connectivity index (χ0n) is 19.4. The van der Waals surface area contributed by atoms with Crippen molar-refractivity contribution in [3.8, 4) is 5.75 Å². The lowest BCUT2D eigenvalue weighted by atomic mass is 10.0. The predicted molar refractivity (Wildman–Crippen MR) is 127 cm³/mol. The van der Waals surface area contributed by atoms with Crippen LogP contribution in [0.4, 0.5) is 11.4 Å². The van der Waals surface area contributed by atoms with Gasteiger partial charge in [0.15, 0.2) is 11.4 Å². The number of nitrogens with one attached hydrogen (secondary N) is 1. The number of sulfonamides is 1. The molecule has 178 valence electrons. The molecule has 0 radical (unpaired) electrons. The van der Waals surface area contributed by atoms with Gasteiger partial charge in [-0.15, -0.1) is 0 Å². The maximum absolute atomic E-state index is 13.6. The molecular weight excluding hydrogens is 444 g/mol. The fraction of sp³-hybridized carbons (Fsp3) is 0.417. The van der Waals surface area contributed by atoms with Gasteiger partial charge >= 0.3 is 5.97 Å². The van der Waals surface area contributed by atoms with Gasteiger partial charge in [0.05, 0.1) is 12.3 Å². The molecule has 0 spiro atoms. The van der Waals surface area contributed by atoms with Gasteiger partial charge in [-0.2, -0.15) is 0 Å². The van der Waals surface area contributed by atoms with E-state index in [4.69, 9.17) is 9.47 Å². The molecule has 0 aliphatic carbocycles. The number of rotatable bonds is 7. The Morgan fingerprint density at radius 1 is 1.09 bits per heavy atom. The van der Waals surface area contributed by atoms with Gasteiger partial charge in [-0.1, -0.05) is 18.2 Å². The average molecular weight is 475 g/mol. The number of hydrogen-bond acceptors (Lipinski definition) is 6. The van der Waals surface area contributed by atoms with Crippen molar-refractivity contribution in [1.29, 1.82) is 0 Å². The zero-order chi connectivity index (χ0) is 24.2. The highest BCUT2D eigenvalue weighted by Crippen LogP contribution is 2.38. The zero-order valence-corrected chi connectivity index (χ0v) is 20.2. The van der Waals surface area contributed by atoms with Crippen molar-refractivity contribution in [2.45, 2.75) is 45.3 Å². The topological polar surface area (TPSA) is 102 Å². The van der Waals surface area contributed by atoms with Crippen LogP contribution in [0.3, 0.4) is 0 Å². The van der Waals surface area contributed by atoms with Gasteiger partial charge in [0.25, 0.3) is 0 Å². The van der Waals surface area contributed by atoms with Gasteiger partial charge in [0.1, 0.15) is 5.75 Å². The van der Waals surface area contributed by atoms with Crippen LogP contribution in [0.5, 0.6) is 5.75 Å². The summed E-state index contributed by atoms with van der Waals surface area (Å²) in [6.07, 6.45) is 0.793. The second kappa shape index (κ2) is 9.82. The van der Waals surface area contributed by atoms with Crippen LogP contribution < -0.4 is 14.4 Å². The van der Waals surface area contributed by atoms with E-state index in [1.54, 1.807) is 31.2 Å². The Morgan fingerprint density at radius 3 is 2.33 bits per heavy atom. The van der Waals surface area contributed by atoms with Gasteiger partial charge in [0, 0.05) is 12.2 Å².